The van der Waals surface area contributed by atoms with Gasteiger partial charge in [-0.05, 0) is 43.0 Å². The number of hydrogen-bond acceptors (Lipinski definition) is 0. The van der Waals surface area contributed by atoms with Crippen molar-refractivity contribution in [2.75, 3.05) is 12.8 Å². The molecule has 0 radical (unpaired) electrons. The van der Waals surface area contributed by atoms with Crippen molar-refractivity contribution in [3.63, 3.8) is 0 Å². The quantitative estimate of drug-likeness (QED) is 0.529. The first kappa shape index (κ1) is 13.3. The van der Waals surface area contributed by atoms with Crippen molar-refractivity contribution in [2.45, 2.75) is 19.3 Å². The molecule has 0 amide bonds. The second-order valence-electron chi connectivity index (χ2n) is 4.70. The van der Waals surface area contributed by atoms with Gasteiger partial charge in [-0.2, -0.15) is 0 Å². The molecule has 0 aromatic heterocycles. The highest BCUT2D eigenvalue weighted by Crippen LogP contribution is 2.30. The molecule has 0 bridgehead atoms. The van der Waals surface area contributed by atoms with E-state index in [0.717, 1.165) is 0 Å². The Morgan fingerprint density at radius 2 is 1.39 bits per heavy atom. The van der Waals surface area contributed by atoms with Gasteiger partial charge in [0, 0.05) is 0 Å². The predicted molar refractivity (Wildman–Crippen MR) is 83.2 cm³/mol. The van der Waals surface area contributed by atoms with Crippen LogP contribution in [0.5, 0.6) is 0 Å². The lowest BCUT2D eigenvalue weighted by Crippen LogP contribution is -2.01. The summed E-state index contributed by atoms with van der Waals surface area (Å²) in [4.78, 5) is 0. The Labute approximate surface area is 112 Å². The summed E-state index contributed by atoms with van der Waals surface area (Å²) in [6, 6.07) is 21.7. The van der Waals surface area contributed by atoms with Gasteiger partial charge in [-0.3, -0.25) is 0 Å². The molecule has 0 nitrogen and oxygen atoms in total. The molecule has 0 heterocycles. The second kappa shape index (κ2) is 7.34. The van der Waals surface area contributed by atoms with Gasteiger partial charge >= 0.3 is 0 Å². The Kier molecular flexibility index (Phi) is 5.42. The SMILES string of the molecule is CP(CCCCc1ccccc1)c1ccccc1. The zero-order valence-electron chi connectivity index (χ0n) is 11.0. The molecule has 0 spiro atoms. The van der Waals surface area contributed by atoms with E-state index in [2.05, 4.69) is 67.3 Å². The molecule has 0 aliphatic heterocycles. The van der Waals surface area contributed by atoms with E-state index in [0.29, 0.717) is 0 Å². The van der Waals surface area contributed by atoms with Gasteiger partial charge < -0.3 is 0 Å². The molecule has 18 heavy (non-hydrogen) atoms. The maximum Gasteiger partial charge on any atom is -0.0243 e. The van der Waals surface area contributed by atoms with Crippen LogP contribution in [-0.2, 0) is 6.42 Å². The molecule has 0 N–H and O–H groups in total. The molecule has 1 atom stereocenters. The van der Waals surface area contributed by atoms with Crippen molar-refractivity contribution in [2.24, 2.45) is 0 Å². The van der Waals surface area contributed by atoms with Crippen LogP contribution in [-0.4, -0.2) is 12.8 Å². The summed E-state index contributed by atoms with van der Waals surface area (Å²) in [5.41, 5.74) is 1.47. The Balaban J connectivity index is 1.70. The molecule has 1 unspecified atom stereocenters. The van der Waals surface area contributed by atoms with E-state index < -0.39 is 0 Å². The van der Waals surface area contributed by atoms with Crippen LogP contribution in [0.25, 0.3) is 0 Å². The van der Waals surface area contributed by atoms with E-state index in [1.807, 2.05) is 0 Å². The standard InChI is InChI=1S/C17H21P/c1-18(17-13-6-3-7-14-17)15-9-8-12-16-10-4-2-5-11-16/h2-7,10-11,13-14H,8-9,12,15H2,1H3. The molecule has 0 aliphatic carbocycles. The van der Waals surface area contributed by atoms with Gasteiger partial charge in [0.05, 0.1) is 0 Å². The van der Waals surface area contributed by atoms with E-state index in [1.165, 1.54) is 36.3 Å². The Bertz CT molecular complexity index is 436. The van der Waals surface area contributed by atoms with Gasteiger partial charge in [0.2, 0.25) is 0 Å². The molecule has 0 fully saturated rings. The van der Waals surface area contributed by atoms with Crippen molar-refractivity contribution >= 4 is 13.2 Å². The summed E-state index contributed by atoms with van der Waals surface area (Å²) >= 11 is 0. The van der Waals surface area contributed by atoms with E-state index >= 15 is 0 Å². The maximum atomic E-state index is 2.40. The third-order valence-electron chi connectivity index (χ3n) is 3.25. The highest BCUT2D eigenvalue weighted by atomic mass is 31.1. The van der Waals surface area contributed by atoms with Crippen LogP contribution >= 0.6 is 7.92 Å². The third kappa shape index (κ3) is 4.27. The summed E-state index contributed by atoms with van der Waals surface area (Å²) in [5, 5.41) is 1.53. The molecule has 1 heteroatoms. The van der Waals surface area contributed by atoms with Crippen LogP contribution in [0.1, 0.15) is 18.4 Å². The van der Waals surface area contributed by atoms with Gasteiger partial charge in [-0.25, -0.2) is 0 Å². The lowest BCUT2D eigenvalue weighted by molar-refractivity contribution is 0.800. The monoisotopic (exact) mass is 256 g/mol. The zero-order valence-corrected chi connectivity index (χ0v) is 11.9. The first-order valence-corrected chi connectivity index (χ1v) is 8.64. The average molecular weight is 256 g/mol. The van der Waals surface area contributed by atoms with E-state index in [1.54, 1.807) is 0 Å². The van der Waals surface area contributed by atoms with Gasteiger partial charge in [0.25, 0.3) is 0 Å². The summed E-state index contributed by atoms with van der Waals surface area (Å²) in [5.74, 6) is 0. The minimum atomic E-state index is 0.0438. The largest absolute Gasteiger partial charge is 0.0785 e. The highest BCUT2D eigenvalue weighted by Gasteiger charge is 2.03. The first-order valence-electron chi connectivity index (χ1n) is 6.66. The normalized spacial score (nSPS) is 12.3. The Morgan fingerprint density at radius 1 is 0.778 bits per heavy atom. The first-order chi connectivity index (χ1) is 8.86. The fourth-order valence-corrected chi connectivity index (χ4v) is 3.77. The number of hydrogen-bond donors (Lipinski definition) is 0. The number of rotatable bonds is 6. The topological polar surface area (TPSA) is 0 Å². The van der Waals surface area contributed by atoms with Crippen molar-refractivity contribution < 1.29 is 0 Å². The zero-order chi connectivity index (χ0) is 12.6. The Hall–Kier alpha value is -1.13. The van der Waals surface area contributed by atoms with Crippen molar-refractivity contribution in [3.05, 3.63) is 66.2 Å². The minimum Gasteiger partial charge on any atom is -0.0785 e. The molecule has 0 saturated carbocycles. The van der Waals surface area contributed by atoms with Crippen LogP contribution in [0, 0.1) is 0 Å². The smallest absolute Gasteiger partial charge is 0.0243 e. The van der Waals surface area contributed by atoms with Crippen LogP contribution in [0.15, 0.2) is 60.7 Å². The van der Waals surface area contributed by atoms with Crippen molar-refractivity contribution in [1.29, 1.82) is 0 Å². The van der Waals surface area contributed by atoms with Gasteiger partial charge in [0.15, 0.2) is 0 Å². The number of benzene rings is 2. The van der Waals surface area contributed by atoms with Crippen molar-refractivity contribution in [1.82, 2.24) is 0 Å². The van der Waals surface area contributed by atoms with E-state index in [9.17, 15) is 0 Å². The molecule has 2 aromatic rings. The predicted octanol–water partition coefficient (Wildman–Crippen LogP) is 4.45. The molecule has 0 aliphatic rings. The maximum absolute atomic E-state index is 2.40. The fraction of sp³-hybridized carbons (Fsp3) is 0.294. The fourth-order valence-electron chi connectivity index (χ4n) is 2.13. The van der Waals surface area contributed by atoms with Crippen LogP contribution in [0.4, 0.5) is 0 Å². The van der Waals surface area contributed by atoms with Gasteiger partial charge in [0.1, 0.15) is 0 Å². The Morgan fingerprint density at radius 3 is 2.06 bits per heavy atom. The highest BCUT2D eigenvalue weighted by molar-refractivity contribution is 7.64. The van der Waals surface area contributed by atoms with E-state index in [4.69, 9.17) is 0 Å². The van der Waals surface area contributed by atoms with Crippen LogP contribution < -0.4 is 5.30 Å². The summed E-state index contributed by atoms with van der Waals surface area (Å²) in [6.45, 7) is 2.40. The molecule has 0 saturated heterocycles. The summed E-state index contributed by atoms with van der Waals surface area (Å²) in [7, 11) is 0.0438. The molecule has 94 valence electrons. The number of aryl methyl sites for hydroxylation is 1. The van der Waals surface area contributed by atoms with Crippen LogP contribution in [0.2, 0.25) is 0 Å². The molecule has 2 aromatic carbocycles. The minimum absolute atomic E-state index is 0.0438. The lowest BCUT2D eigenvalue weighted by atomic mass is 10.1. The number of unbranched alkanes of at least 4 members (excludes halogenated alkanes) is 1. The second-order valence-corrected chi connectivity index (χ2v) is 7.06. The van der Waals surface area contributed by atoms with Crippen LogP contribution in [0.3, 0.4) is 0 Å². The molecular formula is C17H21P. The molecule has 2 rings (SSSR count). The van der Waals surface area contributed by atoms with Crippen molar-refractivity contribution in [3.8, 4) is 0 Å². The van der Waals surface area contributed by atoms with Gasteiger partial charge in [-0.15, -0.1) is 0 Å². The summed E-state index contributed by atoms with van der Waals surface area (Å²) < 4.78 is 0. The molecular weight excluding hydrogens is 235 g/mol. The van der Waals surface area contributed by atoms with E-state index in [-0.39, 0.29) is 7.92 Å². The summed E-state index contributed by atoms with van der Waals surface area (Å²) in [6.07, 6.45) is 5.22. The van der Waals surface area contributed by atoms with Gasteiger partial charge in [-0.1, -0.05) is 68.6 Å². The third-order valence-corrected chi connectivity index (χ3v) is 5.42. The average Bonchev–Trinajstić information content (AvgIpc) is 2.45. The lowest BCUT2D eigenvalue weighted by Gasteiger charge is -2.12.